The molecule has 37 heavy (non-hydrogen) atoms. The number of nitrogens with zero attached hydrogens (tertiary/aromatic N) is 5. The second-order valence-electron chi connectivity index (χ2n) is 8.96. The van der Waals surface area contributed by atoms with E-state index in [1.54, 1.807) is 24.5 Å². The van der Waals surface area contributed by atoms with Gasteiger partial charge in [0.25, 0.3) is 5.91 Å². The Balaban J connectivity index is 1.59. The SMILES string of the molecule is CNC(=O)[C@H]1O[C@@H](n2cnc3c(NCc4cc(C)ccc4F)nc(-c4cncc(C)c4)nc32)[C@H](O)[C@@H]1O. The summed E-state index contributed by atoms with van der Waals surface area (Å²) in [4.78, 5) is 30.1. The van der Waals surface area contributed by atoms with Gasteiger partial charge in [0.1, 0.15) is 18.0 Å². The number of fused-ring (bicyclic) bond motifs is 1. The van der Waals surface area contributed by atoms with E-state index in [1.165, 1.54) is 24.0 Å². The number of likely N-dealkylation sites (N-methyl/N-ethyl adjacent to an activating group) is 1. The quantitative estimate of drug-likeness (QED) is 0.306. The van der Waals surface area contributed by atoms with Crippen LogP contribution >= 0.6 is 0 Å². The van der Waals surface area contributed by atoms with Crippen LogP contribution in [0.3, 0.4) is 0 Å². The smallest absolute Gasteiger partial charge is 0.251 e. The minimum atomic E-state index is -1.45. The summed E-state index contributed by atoms with van der Waals surface area (Å²) < 4.78 is 21.6. The van der Waals surface area contributed by atoms with Crippen LogP contribution in [0.2, 0.25) is 0 Å². The zero-order valence-electron chi connectivity index (χ0n) is 20.4. The van der Waals surface area contributed by atoms with Crippen molar-refractivity contribution in [3.8, 4) is 11.4 Å². The highest BCUT2D eigenvalue weighted by Crippen LogP contribution is 2.33. The third-order valence-corrected chi connectivity index (χ3v) is 6.22. The first-order valence-electron chi connectivity index (χ1n) is 11.7. The number of aromatic nitrogens is 5. The summed E-state index contributed by atoms with van der Waals surface area (Å²) in [5.41, 5.74) is 3.53. The maximum atomic E-state index is 14.4. The zero-order valence-corrected chi connectivity index (χ0v) is 20.4. The van der Waals surface area contributed by atoms with Crippen LogP contribution in [0.15, 0.2) is 43.0 Å². The summed E-state index contributed by atoms with van der Waals surface area (Å²) in [7, 11) is 1.41. The molecule has 1 fully saturated rings. The number of hydrogen-bond acceptors (Lipinski definition) is 9. The van der Waals surface area contributed by atoms with Crippen molar-refractivity contribution in [2.75, 3.05) is 12.4 Å². The predicted molar refractivity (Wildman–Crippen MR) is 132 cm³/mol. The zero-order chi connectivity index (χ0) is 26.3. The van der Waals surface area contributed by atoms with Gasteiger partial charge in [-0.2, -0.15) is 0 Å². The Morgan fingerprint density at radius 3 is 2.70 bits per heavy atom. The summed E-state index contributed by atoms with van der Waals surface area (Å²) in [6, 6.07) is 6.71. The van der Waals surface area contributed by atoms with Crippen LogP contribution in [0.1, 0.15) is 22.9 Å². The number of carbonyl (C=O) groups excluding carboxylic acids is 1. The van der Waals surface area contributed by atoms with E-state index >= 15 is 0 Å². The molecule has 4 heterocycles. The third-order valence-electron chi connectivity index (χ3n) is 6.22. The topological polar surface area (TPSA) is 147 Å². The first-order valence-corrected chi connectivity index (χ1v) is 11.7. The fraction of sp³-hybridized carbons (Fsp3) is 0.320. The van der Waals surface area contributed by atoms with E-state index in [0.29, 0.717) is 28.3 Å². The van der Waals surface area contributed by atoms with Crippen LogP contribution < -0.4 is 10.6 Å². The lowest BCUT2D eigenvalue weighted by Crippen LogP contribution is -2.41. The van der Waals surface area contributed by atoms with E-state index < -0.39 is 30.4 Å². The molecule has 1 saturated heterocycles. The molecule has 1 aromatic carbocycles. The van der Waals surface area contributed by atoms with Crippen LogP contribution in [0.25, 0.3) is 22.6 Å². The molecule has 12 heteroatoms. The Morgan fingerprint density at radius 1 is 1.14 bits per heavy atom. The number of aliphatic hydroxyl groups excluding tert-OH is 2. The van der Waals surface area contributed by atoms with Gasteiger partial charge in [0, 0.05) is 37.1 Å². The van der Waals surface area contributed by atoms with Crippen LogP contribution in [-0.4, -0.2) is 66.0 Å². The number of aryl methyl sites for hydroxylation is 2. The van der Waals surface area contributed by atoms with Crippen molar-refractivity contribution in [1.29, 1.82) is 0 Å². The van der Waals surface area contributed by atoms with Crippen molar-refractivity contribution >= 4 is 22.9 Å². The van der Waals surface area contributed by atoms with Gasteiger partial charge in [-0.25, -0.2) is 19.3 Å². The van der Waals surface area contributed by atoms with E-state index in [0.717, 1.165) is 11.1 Å². The number of anilines is 1. The van der Waals surface area contributed by atoms with Crippen LogP contribution in [0.4, 0.5) is 10.2 Å². The van der Waals surface area contributed by atoms with E-state index in [2.05, 4.69) is 30.6 Å². The van der Waals surface area contributed by atoms with E-state index in [4.69, 9.17) is 4.74 Å². The molecule has 4 atom stereocenters. The van der Waals surface area contributed by atoms with E-state index in [9.17, 15) is 19.4 Å². The Hall–Kier alpha value is -4.00. The number of pyridine rings is 1. The van der Waals surface area contributed by atoms with Gasteiger partial charge in [-0.3, -0.25) is 14.3 Å². The lowest BCUT2D eigenvalue weighted by Gasteiger charge is -2.17. The monoisotopic (exact) mass is 507 g/mol. The summed E-state index contributed by atoms with van der Waals surface area (Å²) >= 11 is 0. The number of halogens is 1. The number of ether oxygens (including phenoxy) is 1. The minimum Gasteiger partial charge on any atom is -0.387 e. The minimum absolute atomic E-state index is 0.137. The number of amides is 1. The van der Waals surface area contributed by atoms with Crippen molar-refractivity contribution in [2.24, 2.45) is 0 Å². The first kappa shape index (κ1) is 24.7. The van der Waals surface area contributed by atoms with Crippen molar-refractivity contribution in [2.45, 2.75) is 44.9 Å². The molecule has 5 rings (SSSR count). The standard InChI is InChI=1S/C25H26FN7O4/c1-12-4-5-16(26)14(6-12)10-29-22-17-23(32-21(31-22)15-7-13(2)8-28-9-15)33(11-30-17)25-19(35)18(34)20(37-25)24(36)27-3/h4-9,11,18-20,25,34-35H,10H2,1-3H3,(H,27,36)(H,29,31,32)/t18-,19+,20-,25+/m0/s1. The van der Waals surface area contributed by atoms with Crippen molar-refractivity contribution in [1.82, 2.24) is 29.8 Å². The average Bonchev–Trinajstić information content (AvgIpc) is 3.44. The van der Waals surface area contributed by atoms with Gasteiger partial charge in [0.05, 0.1) is 6.33 Å². The number of nitrogens with one attached hydrogen (secondary N) is 2. The van der Waals surface area contributed by atoms with Gasteiger partial charge >= 0.3 is 0 Å². The summed E-state index contributed by atoms with van der Waals surface area (Å²) in [6.45, 7) is 3.91. The van der Waals surface area contributed by atoms with Crippen molar-refractivity contribution in [3.63, 3.8) is 0 Å². The number of benzene rings is 1. The van der Waals surface area contributed by atoms with E-state index in [-0.39, 0.29) is 18.0 Å². The fourth-order valence-electron chi connectivity index (χ4n) is 4.30. The molecular formula is C25H26FN7O4. The normalized spacial score (nSPS) is 21.4. The fourth-order valence-corrected chi connectivity index (χ4v) is 4.30. The molecule has 192 valence electrons. The highest BCUT2D eigenvalue weighted by molar-refractivity contribution is 5.85. The first-order chi connectivity index (χ1) is 17.8. The third kappa shape index (κ3) is 4.61. The number of rotatable bonds is 6. The van der Waals surface area contributed by atoms with Gasteiger partial charge in [0.2, 0.25) is 0 Å². The molecule has 0 bridgehead atoms. The second-order valence-corrected chi connectivity index (χ2v) is 8.96. The summed E-state index contributed by atoms with van der Waals surface area (Å²) in [5, 5.41) is 26.7. The number of imidazole rings is 1. The maximum absolute atomic E-state index is 14.4. The highest BCUT2D eigenvalue weighted by atomic mass is 19.1. The lowest BCUT2D eigenvalue weighted by atomic mass is 10.1. The van der Waals surface area contributed by atoms with Gasteiger partial charge in [-0.15, -0.1) is 0 Å². The number of aliphatic hydroxyl groups is 2. The Morgan fingerprint density at radius 2 is 1.95 bits per heavy atom. The molecule has 1 amide bonds. The molecule has 1 aliphatic rings. The molecule has 4 aromatic rings. The van der Waals surface area contributed by atoms with Crippen LogP contribution in [0, 0.1) is 19.7 Å². The van der Waals surface area contributed by atoms with E-state index in [1.807, 2.05) is 19.9 Å². The largest absolute Gasteiger partial charge is 0.387 e. The molecule has 3 aromatic heterocycles. The molecule has 1 aliphatic heterocycles. The molecule has 0 unspecified atom stereocenters. The summed E-state index contributed by atoms with van der Waals surface area (Å²) in [6.07, 6.45) is -0.569. The Labute approximate surface area is 211 Å². The molecule has 11 nitrogen and oxygen atoms in total. The molecular weight excluding hydrogens is 481 g/mol. The van der Waals surface area contributed by atoms with Crippen molar-refractivity contribution in [3.05, 3.63) is 65.5 Å². The number of carbonyl (C=O) groups is 1. The second kappa shape index (κ2) is 9.81. The Bertz CT molecular complexity index is 1480. The lowest BCUT2D eigenvalue weighted by molar-refractivity contribution is -0.137. The number of hydrogen-bond donors (Lipinski definition) is 4. The molecule has 4 N–H and O–H groups in total. The van der Waals surface area contributed by atoms with Crippen LogP contribution in [0.5, 0.6) is 0 Å². The molecule has 0 aliphatic carbocycles. The maximum Gasteiger partial charge on any atom is 0.251 e. The predicted octanol–water partition coefficient (Wildman–Crippen LogP) is 1.62. The van der Waals surface area contributed by atoms with Crippen LogP contribution in [-0.2, 0) is 16.1 Å². The van der Waals surface area contributed by atoms with Gasteiger partial charge in [-0.05, 0) is 31.5 Å². The molecule has 0 radical (unpaired) electrons. The van der Waals surface area contributed by atoms with Gasteiger partial charge in [0.15, 0.2) is 35.1 Å². The van der Waals surface area contributed by atoms with Gasteiger partial charge < -0.3 is 25.6 Å². The molecule has 0 spiro atoms. The van der Waals surface area contributed by atoms with Crippen molar-refractivity contribution < 1.29 is 24.1 Å². The highest BCUT2D eigenvalue weighted by Gasteiger charge is 2.47. The van der Waals surface area contributed by atoms with Gasteiger partial charge in [-0.1, -0.05) is 17.7 Å². The molecule has 0 saturated carbocycles. The average molecular weight is 508 g/mol. The summed E-state index contributed by atoms with van der Waals surface area (Å²) in [5.74, 6) is -0.276. The Kier molecular flexibility index (Phi) is 6.54.